The van der Waals surface area contributed by atoms with Crippen molar-refractivity contribution in [2.75, 3.05) is 5.32 Å². The molecular weight excluding hydrogens is 304 g/mol. The highest BCUT2D eigenvalue weighted by molar-refractivity contribution is 7.89. The molecule has 8 heteroatoms. The van der Waals surface area contributed by atoms with Crippen molar-refractivity contribution in [2.45, 2.75) is 12.0 Å². The Morgan fingerprint density at radius 3 is 2.55 bits per heavy atom. The highest BCUT2D eigenvalue weighted by Crippen LogP contribution is 2.21. The molecule has 6 nitrogen and oxygen atoms in total. The van der Waals surface area contributed by atoms with Gasteiger partial charge in [-0.3, -0.25) is 4.79 Å². The van der Waals surface area contributed by atoms with Crippen LogP contribution in [0.5, 0.6) is 0 Å². The third-order valence-corrected chi connectivity index (χ3v) is 3.70. The zero-order chi connectivity index (χ0) is 14.9. The molecule has 1 aromatic heterocycles. The van der Waals surface area contributed by atoms with E-state index in [9.17, 15) is 13.2 Å². The summed E-state index contributed by atoms with van der Waals surface area (Å²) in [6.45, 7) is 1.83. The average Bonchev–Trinajstić information content (AvgIpc) is 2.83. The second-order valence-corrected chi connectivity index (χ2v) is 5.98. The zero-order valence-electron chi connectivity index (χ0n) is 10.4. The summed E-state index contributed by atoms with van der Waals surface area (Å²) in [7, 11) is -3.97. The van der Waals surface area contributed by atoms with Crippen LogP contribution in [0, 0.1) is 6.92 Å². The predicted molar refractivity (Wildman–Crippen MR) is 74.2 cm³/mol. The quantitative estimate of drug-likeness (QED) is 0.905. The number of benzene rings is 1. The smallest absolute Gasteiger partial charge is 0.291 e. The molecule has 0 saturated heterocycles. The molecule has 106 valence electrons. The lowest BCUT2D eigenvalue weighted by atomic mass is 10.2. The van der Waals surface area contributed by atoms with Crippen molar-refractivity contribution in [1.82, 2.24) is 0 Å². The molecule has 0 fully saturated rings. The molecule has 20 heavy (non-hydrogen) atoms. The third kappa shape index (κ3) is 3.19. The predicted octanol–water partition coefficient (Wildman–Crippen LogP) is 2.14. The largest absolute Gasteiger partial charge is 0.438 e. The second-order valence-electron chi connectivity index (χ2n) is 4.08. The van der Waals surface area contributed by atoms with Crippen LogP contribution in [0.25, 0.3) is 0 Å². The van der Waals surface area contributed by atoms with E-state index >= 15 is 0 Å². The Kier molecular flexibility index (Phi) is 3.85. The van der Waals surface area contributed by atoms with E-state index in [0.29, 0.717) is 10.7 Å². The number of aryl methyl sites for hydroxylation is 1. The number of carbonyl (C=O) groups excluding carboxylic acids is 1. The number of anilines is 1. The minimum atomic E-state index is -3.97. The van der Waals surface area contributed by atoms with Crippen LogP contribution in [-0.4, -0.2) is 14.3 Å². The first-order valence-electron chi connectivity index (χ1n) is 5.47. The van der Waals surface area contributed by atoms with Crippen LogP contribution in [0.15, 0.2) is 39.8 Å². The van der Waals surface area contributed by atoms with Crippen LogP contribution < -0.4 is 10.5 Å². The Morgan fingerprint density at radius 2 is 2.00 bits per heavy atom. The van der Waals surface area contributed by atoms with Crippen molar-refractivity contribution < 1.29 is 17.6 Å². The van der Waals surface area contributed by atoms with Gasteiger partial charge in [0, 0.05) is 10.7 Å². The number of rotatable bonds is 3. The molecule has 2 aromatic rings. The molecular formula is C12H11ClN2O4S. The van der Waals surface area contributed by atoms with E-state index in [1.807, 2.05) is 6.92 Å². The molecule has 0 saturated carbocycles. The maximum atomic E-state index is 11.9. The number of sulfonamides is 1. The van der Waals surface area contributed by atoms with Crippen molar-refractivity contribution in [3.8, 4) is 0 Å². The monoisotopic (exact) mass is 314 g/mol. The molecule has 0 aliphatic rings. The normalized spacial score (nSPS) is 11.3. The fraction of sp³-hybridized carbons (Fsp3) is 0.0833. The van der Waals surface area contributed by atoms with Crippen LogP contribution >= 0.6 is 11.6 Å². The summed E-state index contributed by atoms with van der Waals surface area (Å²) in [5.74, 6) is -0.759. The first-order valence-corrected chi connectivity index (χ1v) is 7.40. The first kappa shape index (κ1) is 14.6. The number of amides is 1. The van der Waals surface area contributed by atoms with E-state index in [4.69, 9.17) is 21.2 Å². The van der Waals surface area contributed by atoms with Gasteiger partial charge in [-0.25, -0.2) is 13.6 Å². The standard InChI is InChI=1S/C12H11ClN2O4S/c1-7-2-3-8(6-9(7)13)15-12(16)10-4-5-11(19-10)20(14,17)18/h2-6H,1H3,(H,15,16)(H2,14,17,18). The first-order chi connectivity index (χ1) is 9.27. The van der Waals surface area contributed by atoms with Gasteiger partial charge in [-0.1, -0.05) is 17.7 Å². The zero-order valence-corrected chi connectivity index (χ0v) is 12.0. The highest BCUT2D eigenvalue weighted by atomic mass is 35.5. The van der Waals surface area contributed by atoms with Crippen molar-refractivity contribution in [3.05, 3.63) is 46.7 Å². The molecule has 0 radical (unpaired) electrons. The van der Waals surface area contributed by atoms with Gasteiger partial charge in [-0.2, -0.15) is 0 Å². The summed E-state index contributed by atoms with van der Waals surface area (Å²) in [5, 5.41) is 7.47. The van der Waals surface area contributed by atoms with Gasteiger partial charge in [-0.15, -0.1) is 0 Å². The lowest BCUT2D eigenvalue weighted by molar-refractivity contribution is 0.0991. The number of carbonyl (C=O) groups is 1. The molecule has 3 N–H and O–H groups in total. The van der Waals surface area contributed by atoms with E-state index in [1.165, 1.54) is 6.07 Å². The van der Waals surface area contributed by atoms with Gasteiger partial charge in [0.15, 0.2) is 5.76 Å². The molecule has 0 spiro atoms. The van der Waals surface area contributed by atoms with Gasteiger partial charge in [-0.05, 0) is 36.8 Å². The van der Waals surface area contributed by atoms with E-state index in [2.05, 4.69) is 5.32 Å². The molecule has 0 unspecified atom stereocenters. The van der Waals surface area contributed by atoms with Crippen LogP contribution in [0.2, 0.25) is 5.02 Å². The van der Waals surface area contributed by atoms with E-state index in [-0.39, 0.29) is 5.76 Å². The van der Waals surface area contributed by atoms with E-state index in [0.717, 1.165) is 11.6 Å². The molecule has 1 aromatic carbocycles. The van der Waals surface area contributed by atoms with Gasteiger partial charge >= 0.3 is 0 Å². The maximum absolute atomic E-state index is 11.9. The Bertz CT molecular complexity index is 768. The summed E-state index contributed by atoms with van der Waals surface area (Å²) in [4.78, 5) is 11.9. The number of hydrogen-bond donors (Lipinski definition) is 2. The lowest BCUT2D eigenvalue weighted by Gasteiger charge is -2.05. The van der Waals surface area contributed by atoms with Gasteiger partial charge in [0.2, 0.25) is 5.09 Å². The van der Waals surface area contributed by atoms with Crippen LogP contribution in [0.3, 0.4) is 0 Å². The summed E-state index contributed by atoms with van der Waals surface area (Å²) < 4.78 is 27.0. The summed E-state index contributed by atoms with van der Waals surface area (Å²) in [6, 6.07) is 7.34. The fourth-order valence-corrected chi connectivity index (χ4v) is 2.10. The van der Waals surface area contributed by atoms with Gasteiger partial charge in [0.05, 0.1) is 0 Å². The molecule has 2 rings (SSSR count). The van der Waals surface area contributed by atoms with E-state index < -0.39 is 21.0 Å². The number of furan rings is 1. The number of nitrogens with two attached hydrogens (primary N) is 1. The Labute approximate surface area is 120 Å². The average molecular weight is 315 g/mol. The van der Waals surface area contributed by atoms with Gasteiger partial charge in [0.1, 0.15) is 0 Å². The van der Waals surface area contributed by atoms with E-state index in [1.54, 1.807) is 18.2 Å². The third-order valence-electron chi connectivity index (χ3n) is 2.52. The van der Waals surface area contributed by atoms with Crippen LogP contribution in [0.4, 0.5) is 5.69 Å². The van der Waals surface area contributed by atoms with Crippen molar-refractivity contribution >= 4 is 33.2 Å². The van der Waals surface area contributed by atoms with Gasteiger partial charge < -0.3 is 9.73 Å². The molecule has 0 atom stereocenters. The number of primary sulfonamides is 1. The number of halogens is 1. The summed E-state index contributed by atoms with van der Waals surface area (Å²) in [5.41, 5.74) is 1.35. The van der Waals surface area contributed by atoms with Crippen molar-refractivity contribution in [2.24, 2.45) is 5.14 Å². The van der Waals surface area contributed by atoms with Gasteiger partial charge in [0.25, 0.3) is 15.9 Å². The Morgan fingerprint density at radius 1 is 1.30 bits per heavy atom. The Balaban J connectivity index is 2.20. The molecule has 0 aliphatic carbocycles. The van der Waals surface area contributed by atoms with Crippen molar-refractivity contribution in [3.63, 3.8) is 0 Å². The molecule has 0 aliphatic heterocycles. The minimum Gasteiger partial charge on any atom is -0.438 e. The number of nitrogens with one attached hydrogen (secondary N) is 1. The second kappa shape index (κ2) is 5.28. The Hall–Kier alpha value is -1.83. The fourth-order valence-electron chi connectivity index (χ4n) is 1.46. The topological polar surface area (TPSA) is 102 Å². The number of hydrogen-bond acceptors (Lipinski definition) is 4. The summed E-state index contributed by atoms with van der Waals surface area (Å²) in [6.07, 6.45) is 0. The maximum Gasteiger partial charge on any atom is 0.291 e. The molecule has 1 heterocycles. The SMILES string of the molecule is Cc1ccc(NC(=O)c2ccc(S(N)(=O)=O)o2)cc1Cl. The molecule has 0 bridgehead atoms. The van der Waals surface area contributed by atoms with Crippen molar-refractivity contribution in [1.29, 1.82) is 0 Å². The minimum absolute atomic E-state index is 0.161. The molecule has 1 amide bonds. The summed E-state index contributed by atoms with van der Waals surface area (Å²) >= 11 is 5.94. The van der Waals surface area contributed by atoms with Crippen LogP contribution in [0.1, 0.15) is 16.1 Å². The highest BCUT2D eigenvalue weighted by Gasteiger charge is 2.17. The van der Waals surface area contributed by atoms with Crippen LogP contribution in [-0.2, 0) is 10.0 Å². The lowest BCUT2D eigenvalue weighted by Crippen LogP contribution is -2.12.